The van der Waals surface area contributed by atoms with Gasteiger partial charge in [-0.2, -0.15) is 4.21 Å². The summed E-state index contributed by atoms with van der Waals surface area (Å²) in [5.41, 5.74) is 1.55. The van der Waals surface area contributed by atoms with Crippen LogP contribution in [0, 0.1) is 0 Å². The van der Waals surface area contributed by atoms with Crippen LogP contribution in [0.25, 0.3) is 0 Å². The minimum atomic E-state index is -2.61. The van der Waals surface area contributed by atoms with Crippen LogP contribution in [0.1, 0.15) is 27.6 Å². The van der Waals surface area contributed by atoms with Gasteiger partial charge < -0.3 is 0 Å². The Morgan fingerprint density at radius 2 is 1.50 bits per heavy atom. The molecule has 0 saturated heterocycles. The molecule has 1 aromatic carbocycles. The van der Waals surface area contributed by atoms with Crippen molar-refractivity contribution in [2.45, 2.75) is 6.92 Å². The topological polar surface area (TPSA) is 91.7 Å². The molecular formula is C11H11NaO5S. The van der Waals surface area contributed by atoms with Crippen LogP contribution in [0.3, 0.4) is 0 Å². The van der Waals surface area contributed by atoms with E-state index in [1.54, 1.807) is 31.2 Å². The van der Waals surface area contributed by atoms with Gasteiger partial charge in [0, 0.05) is 16.7 Å². The van der Waals surface area contributed by atoms with Crippen LogP contribution >= 0.6 is 0 Å². The van der Waals surface area contributed by atoms with Crippen molar-refractivity contribution >= 4 is 52.5 Å². The molecule has 0 radical (unpaired) electrons. The van der Waals surface area contributed by atoms with Crippen LogP contribution in [-0.4, -0.2) is 54.4 Å². The van der Waals surface area contributed by atoms with Crippen molar-refractivity contribution in [2.24, 2.45) is 0 Å². The van der Waals surface area contributed by atoms with Gasteiger partial charge in [-0.3, -0.25) is 18.7 Å². The number of allylic oxidation sites excluding steroid dienone is 2. The number of fused-ring (bicyclic) bond motifs is 1. The third-order valence-electron chi connectivity index (χ3n) is 2.14. The number of hydrogen-bond acceptors (Lipinski definition) is 3. The van der Waals surface area contributed by atoms with Gasteiger partial charge in [0.2, 0.25) is 0 Å². The SMILES string of the molecule is CC1=CC(=O)c2ccccc2C1=O.O=S(O)O.[NaH]. The predicted molar refractivity (Wildman–Crippen MR) is 69.4 cm³/mol. The van der Waals surface area contributed by atoms with E-state index in [-0.39, 0.29) is 41.1 Å². The van der Waals surface area contributed by atoms with Crippen LogP contribution in [0.2, 0.25) is 0 Å². The Labute approximate surface area is 129 Å². The van der Waals surface area contributed by atoms with Crippen LogP contribution < -0.4 is 0 Å². The molecule has 0 spiro atoms. The van der Waals surface area contributed by atoms with E-state index in [2.05, 4.69) is 0 Å². The molecule has 0 aliphatic heterocycles. The fourth-order valence-electron chi connectivity index (χ4n) is 1.45. The van der Waals surface area contributed by atoms with Crippen molar-refractivity contribution in [3.05, 3.63) is 47.0 Å². The number of carbonyl (C=O) groups excluding carboxylic acids is 2. The van der Waals surface area contributed by atoms with Crippen LogP contribution in [0.4, 0.5) is 0 Å². The number of Topliss-reactive ketones (excluding diaryl/α,β-unsaturated/α-hetero) is 1. The number of carbonyl (C=O) groups is 2. The van der Waals surface area contributed by atoms with Crippen LogP contribution in [0.15, 0.2) is 35.9 Å². The Hall–Kier alpha value is -0.630. The van der Waals surface area contributed by atoms with Gasteiger partial charge in [-0.05, 0) is 13.0 Å². The first-order valence-corrected chi connectivity index (χ1v) is 5.66. The number of ketones is 2. The average molecular weight is 278 g/mol. The standard InChI is InChI=1S/C11H8O2.Na.H2O3S.H/c1-7-6-10(12)8-4-2-3-5-9(8)11(7)13;;1-4(2)3;/h2-6H,1H3;;(H2,1,2,3);. The Kier molecular flexibility index (Phi) is 7.46. The van der Waals surface area contributed by atoms with Crippen molar-refractivity contribution in [3.63, 3.8) is 0 Å². The molecule has 0 saturated carbocycles. The first kappa shape index (κ1) is 17.4. The zero-order valence-corrected chi connectivity index (χ0v) is 9.73. The summed E-state index contributed by atoms with van der Waals surface area (Å²) < 4.78 is 22.8. The van der Waals surface area contributed by atoms with E-state index >= 15 is 0 Å². The summed E-state index contributed by atoms with van der Waals surface area (Å²) in [6.45, 7) is 1.66. The quantitative estimate of drug-likeness (QED) is 0.546. The van der Waals surface area contributed by atoms with Gasteiger partial charge in [-0.25, -0.2) is 0 Å². The molecule has 92 valence electrons. The maximum absolute atomic E-state index is 11.5. The van der Waals surface area contributed by atoms with Crippen molar-refractivity contribution in [3.8, 4) is 0 Å². The Morgan fingerprint density at radius 3 is 2.00 bits per heavy atom. The zero-order valence-electron chi connectivity index (χ0n) is 8.91. The summed E-state index contributed by atoms with van der Waals surface area (Å²) >= 11 is -2.61. The van der Waals surface area contributed by atoms with E-state index in [1.165, 1.54) is 6.08 Å². The molecule has 7 heteroatoms. The number of benzene rings is 1. The minimum absolute atomic E-state index is 0. The number of hydrogen-bond donors (Lipinski definition) is 2. The molecule has 1 aliphatic rings. The van der Waals surface area contributed by atoms with E-state index in [0.29, 0.717) is 16.7 Å². The molecule has 2 N–H and O–H groups in total. The van der Waals surface area contributed by atoms with Gasteiger partial charge in [-0.15, -0.1) is 0 Å². The van der Waals surface area contributed by atoms with Gasteiger partial charge in [-0.1, -0.05) is 24.3 Å². The molecular weight excluding hydrogens is 267 g/mol. The summed E-state index contributed by atoms with van der Waals surface area (Å²) in [7, 11) is 0. The first-order valence-electron chi connectivity index (χ1n) is 4.59. The second-order valence-corrected chi connectivity index (χ2v) is 3.76. The van der Waals surface area contributed by atoms with E-state index in [0.717, 1.165) is 0 Å². The summed E-state index contributed by atoms with van der Waals surface area (Å²) in [5, 5.41) is 0. The van der Waals surface area contributed by atoms with Gasteiger partial charge in [0.1, 0.15) is 0 Å². The molecule has 1 aliphatic carbocycles. The molecule has 0 atom stereocenters. The van der Waals surface area contributed by atoms with Crippen molar-refractivity contribution in [1.82, 2.24) is 0 Å². The normalized spacial score (nSPS) is 13.0. The molecule has 2 rings (SSSR count). The van der Waals surface area contributed by atoms with Gasteiger partial charge in [0.25, 0.3) is 11.4 Å². The molecule has 0 bridgehead atoms. The third-order valence-corrected chi connectivity index (χ3v) is 2.14. The van der Waals surface area contributed by atoms with Gasteiger partial charge in [0.05, 0.1) is 0 Å². The summed E-state index contributed by atoms with van der Waals surface area (Å²) in [6, 6.07) is 6.89. The average Bonchev–Trinajstić information content (AvgIpc) is 2.25. The number of rotatable bonds is 0. The maximum atomic E-state index is 11.5. The predicted octanol–water partition coefficient (Wildman–Crippen LogP) is 1.04. The van der Waals surface area contributed by atoms with Gasteiger partial charge >= 0.3 is 29.6 Å². The van der Waals surface area contributed by atoms with E-state index in [9.17, 15) is 9.59 Å². The fraction of sp³-hybridized carbons (Fsp3) is 0.0909. The van der Waals surface area contributed by atoms with Crippen molar-refractivity contribution in [2.75, 3.05) is 0 Å². The molecule has 0 fully saturated rings. The van der Waals surface area contributed by atoms with E-state index < -0.39 is 11.4 Å². The van der Waals surface area contributed by atoms with E-state index in [1.807, 2.05) is 0 Å². The summed E-state index contributed by atoms with van der Waals surface area (Å²) in [4.78, 5) is 23.0. The second kappa shape index (κ2) is 7.73. The second-order valence-electron chi connectivity index (χ2n) is 3.30. The van der Waals surface area contributed by atoms with Crippen LogP contribution in [-0.2, 0) is 11.4 Å². The Balaban J connectivity index is 0.000000512. The monoisotopic (exact) mass is 278 g/mol. The summed E-state index contributed by atoms with van der Waals surface area (Å²) in [5.74, 6) is -0.122. The molecule has 0 amide bonds. The molecule has 18 heavy (non-hydrogen) atoms. The Bertz CT molecular complexity index is 520. The molecule has 1 aromatic rings. The van der Waals surface area contributed by atoms with Gasteiger partial charge in [0.15, 0.2) is 11.6 Å². The fourth-order valence-corrected chi connectivity index (χ4v) is 1.45. The third kappa shape index (κ3) is 4.56. The van der Waals surface area contributed by atoms with E-state index in [4.69, 9.17) is 13.3 Å². The zero-order chi connectivity index (χ0) is 13.0. The molecule has 0 aromatic heterocycles. The molecule has 0 unspecified atom stereocenters. The van der Waals surface area contributed by atoms with Crippen molar-refractivity contribution < 1.29 is 22.9 Å². The summed E-state index contributed by atoms with van der Waals surface area (Å²) in [6.07, 6.45) is 1.39. The Morgan fingerprint density at radius 1 is 1.06 bits per heavy atom. The van der Waals surface area contributed by atoms with Crippen LogP contribution in [0.5, 0.6) is 0 Å². The molecule has 5 nitrogen and oxygen atoms in total. The van der Waals surface area contributed by atoms with Crippen molar-refractivity contribution in [1.29, 1.82) is 0 Å². The first-order chi connectivity index (χ1) is 7.93. The molecule has 0 heterocycles.